The summed E-state index contributed by atoms with van der Waals surface area (Å²) in [5.74, 6) is 0.350. The lowest BCUT2D eigenvalue weighted by Gasteiger charge is -2.30. The van der Waals surface area contributed by atoms with E-state index in [1.54, 1.807) is 0 Å². The van der Waals surface area contributed by atoms with E-state index >= 15 is 0 Å². The summed E-state index contributed by atoms with van der Waals surface area (Å²) >= 11 is 0. The topological polar surface area (TPSA) is 49.7 Å². The summed E-state index contributed by atoms with van der Waals surface area (Å²) in [6.07, 6.45) is 3.65. The zero-order chi connectivity index (χ0) is 10.3. The number of aliphatic hydroxyl groups excluding tert-OH is 2. The zero-order valence-corrected chi connectivity index (χ0v) is 8.63. The first-order valence-electron chi connectivity index (χ1n) is 5.28. The fraction of sp³-hybridized carbons (Fsp3) is 0.818. The summed E-state index contributed by atoms with van der Waals surface area (Å²) in [6, 6.07) is 0. The number of rotatable bonds is 3. The fourth-order valence-electron chi connectivity index (χ4n) is 2.53. The van der Waals surface area contributed by atoms with Gasteiger partial charge in [0.15, 0.2) is 0 Å². The van der Waals surface area contributed by atoms with Gasteiger partial charge in [-0.3, -0.25) is 0 Å². The van der Waals surface area contributed by atoms with Crippen LogP contribution in [0.5, 0.6) is 0 Å². The first kappa shape index (κ1) is 10.1. The largest absolute Gasteiger partial charge is 0.396 e. The Morgan fingerprint density at radius 1 is 1.29 bits per heavy atom. The van der Waals surface area contributed by atoms with Crippen LogP contribution in [0.3, 0.4) is 0 Å². The Morgan fingerprint density at radius 2 is 1.93 bits per heavy atom. The van der Waals surface area contributed by atoms with E-state index < -0.39 is 0 Å². The van der Waals surface area contributed by atoms with Crippen LogP contribution >= 0.6 is 0 Å². The predicted molar refractivity (Wildman–Crippen MR) is 52.7 cm³/mol. The average Bonchev–Trinajstić information content (AvgIpc) is 2.74. The molecule has 80 valence electrons. The molecular weight excluding hydrogens is 180 g/mol. The van der Waals surface area contributed by atoms with Gasteiger partial charge in [0.1, 0.15) is 0 Å². The zero-order valence-electron chi connectivity index (χ0n) is 8.63. The lowest BCUT2D eigenvalue weighted by atomic mass is 9.77. The first-order valence-corrected chi connectivity index (χ1v) is 5.28. The van der Waals surface area contributed by atoms with E-state index in [0.717, 1.165) is 0 Å². The highest BCUT2D eigenvalue weighted by Crippen LogP contribution is 2.41. The maximum atomic E-state index is 10.0. The molecule has 3 nitrogen and oxygen atoms in total. The molecule has 0 spiro atoms. The van der Waals surface area contributed by atoms with Crippen molar-refractivity contribution < 1.29 is 14.9 Å². The molecule has 3 heteroatoms. The van der Waals surface area contributed by atoms with Gasteiger partial charge in [0.2, 0.25) is 0 Å². The molecule has 2 heterocycles. The molecule has 0 aromatic rings. The van der Waals surface area contributed by atoms with Crippen molar-refractivity contribution in [1.29, 1.82) is 0 Å². The van der Waals surface area contributed by atoms with E-state index in [-0.39, 0.29) is 42.7 Å². The van der Waals surface area contributed by atoms with Crippen LogP contribution in [-0.2, 0) is 4.74 Å². The molecule has 0 aromatic heterocycles. The van der Waals surface area contributed by atoms with Crippen molar-refractivity contribution in [3.63, 3.8) is 0 Å². The van der Waals surface area contributed by atoms with Crippen LogP contribution in [0, 0.1) is 17.8 Å². The van der Waals surface area contributed by atoms with Crippen molar-refractivity contribution in [2.24, 2.45) is 17.8 Å². The summed E-state index contributed by atoms with van der Waals surface area (Å²) in [6.45, 7) is 4.09. The number of fused-ring (bicyclic) bond motifs is 2. The molecule has 0 aliphatic carbocycles. The van der Waals surface area contributed by atoms with Crippen LogP contribution in [0.1, 0.15) is 13.8 Å². The number of aliphatic hydroxyl groups is 2. The van der Waals surface area contributed by atoms with Gasteiger partial charge in [-0.15, -0.1) is 0 Å². The first-order chi connectivity index (χ1) is 6.65. The van der Waals surface area contributed by atoms with Crippen LogP contribution < -0.4 is 0 Å². The molecule has 2 aliphatic rings. The predicted octanol–water partition coefficient (Wildman–Crippen LogP) is 0.565. The van der Waals surface area contributed by atoms with E-state index in [9.17, 15) is 10.2 Å². The second-order valence-corrected chi connectivity index (χ2v) is 4.61. The van der Waals surface area contributed by atoms with E-state index in [1.807, 2.05) is 26.0 Å². The molecule has 2 bridgehead atoms. The minimum Gasteiger partial charge on any atom is -0.396 e. The summed E-state index contributed by atoms with van der Waals surface area (Å²) < 4.78 is 5.63. The van der Waals surface area contributed by atoms with Crippen molar-refractivity contribution in [2.45, 2.75) is 32.2 Å². The lowest BCUT2D eigenvalue weighted by molar-refractivity contribution is 0.0174. The normalized spacial score (nSPS) is 42.4. The molecule has 2 aliphatic heterocycles. The molecular formula is C11H18O3. The molecule has 0 aromatic carbocycles. The Labute approximate surface area is 84.4 Å². The third-order valence-corrected chi connectivity index (χ3v) is 3.39. The van der Waals surface area contributed by atoms with Gasteiger partial charge in [-0.2, -0.15) is 0 Å². The SMILES string of the molecule is CC(C)C(O)[C@H]1[C@@H](CO)[C@@H]2C=C[C@H]1O2. The van der Waals surface area contributed by atoms with Gasteiger partial charge >= 0.3 is 0 Å². The minimum absolute atomic E-state index is 0.00884. The van der Waals surface area contributed by atoms with Crippen molar-refractivity contribution in [1.82, 2.24) is 0 Å². The minimum atomic E-state index is -0.382. The number of hydrogen-bond donors (Lipinski definition) is 2. The summed E-state index contributed by atoms with van der Waals surface area (Å²) in [7, 11) is 0. The molecule has 1 fully saturated rings. The third kappa shape index (κ3) is 1.40. The van der Waals surface area contributed by atoms with Gasteiger partial charge in [-0.05, 0) is 5.92 Å². The van der Waals surface area contributed by atoms with Crippen molar-refractivity contribution in [2.75, 3.05) is 6.61 Å². The summed E-state index contributed by atoms with van der Waals surface area (Å²) in [5.41, 5.74) is 0. The maximum Gasteiger partial charge on any atom is 0.0822 e. The number of ether oxygens (including phenoxy) is 1. The lowest BCUT2D eigenvalue weighted by Crippen LogP contribution is -2.38. The third-order valence-electron chi connectivity index (χ3n) is 3.39. The van der Waals surface area contributed by atoms with E-state index in [1.165, 1.54) is 0 Å². The Bertz CT molecular complexity index is 237. The fourth-order valence-corrected chi connectivity index (χ4v) is 2.53. The van der Waals surface area contributed by atoms with E-state index in [0.29, 0.717) is 0 Å². The monoisotopic (exact) mass is 198 g/mol. The highest BCUT2D eigenvalue weighted by Gasteiger charge is 2.48. The van der Waals surface area contributed by atoms with E-state index in [4.69, 9.17) is 4.74 Å². The molecule has 1 unspecified atom stereocenters. The highest BCUT2D eigenvalue weighted by atomic mass is 16.5. The molecule has 0 amide bonds. The Kier molecular flexibility index (Phi) is 2.64. The summed E-state index contributed by atoms with van der Waals surface area (Å²) in [5, 5.41) is 19.3. The second kappa shape index (κ2) is 3.65. The highest BCUT2D eigenvalue weighted by molar-refractivity contribution is 5.15. The van der Waals surface area contributed by atoms with Gasteiger partial charge in [0.25, 0.3) is 0 Å². The maximum absolute atomic E-state index is 10.0. The molecule has 1 saturated heterocycles. The molecule has 14 heavy (non-hydrogen) atoms. The Morgan fingerprint density at radius 3 is 2.50 bits per heavy atom. The standard InChI is InChI=1S/C11H18O3/c1-6(2)11(13)10-7(5-12)8-3-4-9(10)14-8/h3-4,6-13H,5H2,1-2H3/t7-,8-,9+,10-,11?/m0/s1. The van der Waals surface area contributed by atoms with Crippen LogP contribution in [0.2, 0.25) is 0 Å². The Balaban J connectivity index is 2.14. The van der Waals surface area contributed by atoms with Crippen LogP contribution in [0.4, 0.5) is 0 Å². The summed E-state index contributed by atoms with van der Waals surface area (Å²) in [4.78, 5) is 0. The molecule has 2 N–H and O–H groups in total. The van der Waals surface area contributed by atoms with E-state index in [2.05, 4.69) is 0 Å². The van der Waals surface area contributed by atoms with Crippen molar-refractivity contribution in [3.8, 4) is 0 Å². The Hall–Kier alpha value is -0.380. The van der Waals surface area contributed by atoms with Gasteiger partial charge in [0, 0.05) is 18.4 Å². The quantitative estimate of drug-likeness (QED) is 0.652. The second-order valence-electron chi connectivity index (χ2n) is 4.61. The molecule has 0 saturated carbocycles. The van der Waals surface area contributed by atoms with Gasteiger partial charge in [-0.25, -0.2) is 0 Å². The molecule has 5 atom stereocenters. The van der Waals surface area contributed by atoms with Crippen LogP contribution in [0.25, 0.3) is 0 Å². The molecule has 2 rings (SSSR count). The van der Waals surface area contributed by atoms with Gasteiger partial charge < -0.3 is 14.9 Å². The van der Waals surface area contributed by atoms with Crippen LogP contribution in [-0.4, -0.2) is 35.1 Å². The smallest absolute Gasteiger partial charge is 0.0822 e. The van der Waals surface area contributed by atoms with Gasteiger partial charge in [-0.1, -0.05) is 26.0 Å². The molecule has 0 radical (unpaired) electrons. The van der Waals surface area contributed by atoms with Gasteiger partial charge in [0.05, 0.1) is 18.3 Å². The average molecular weight is 198 g/mol. The van der Waals surface area contributed by atoms with Crippen LogP contribution in [0.15, 0.2) is 12.2 Å². The number of hydrogen-bond acceptors (Lipinski definition) is 3. The van der Waals surface area contributed by atoms with Crippen molar-refractivity contribution >= 4 is 0 Å². The van der Waals surface area contributed by atoms with Crippen molar-refractivity contribution in [3.05, 3.63) is 12.2 Å².